The van der Waals surface area contributed by atoms with Crippen LogP contribution < -0.4 is 25.2 Å². The lowest BCUT2D eigenvalue weighted by atomic mass is 10.0. The van der Waals surface area contributed by atoms with E-state index in [0.29, 0.717) is 40.5 Å². The number of methoxy groups -OCH3 is 2. The normalized spacial score (nSPS) is 12.5. The molecule has 4 rings (SSSR count). The first-order chi connectivity index (χ1) is 14.5. The molecule has 2 aromatic carbocycles. The van der Waals surface area contributed by atoms with E-state index in [4.69, 9.17) is 18.6 Å². The predicted molar refractivity (Wildman–Crippen MR) is 113 cm³/mol. The highest BCUT2D eigenvalue weighted by atomic mass is 16.5. The van der Waals surface area contributed by atoms with Crippen LogP contribution in [-0.2, 0) is 17.6 Å². The molecule has 0 unspecified atom stereocenters. The molecular formula is C23H23NO6. The van der Waals surface area contributed by atoms with Gasteiger partial charge in [-0.3, -0.25) is 4.79 Å². The predicted octanol–water partition coefficient (Wildman–Crippen LogP) is 3.62. The molecule has 0 fully saturated rings. The average molecular weight is 409 g/mol. The van der Waals surface area contributed by atoms with Crippen LogP contribution in [0.4, 0.5) is 5.69 Å². The Morgan fingerprint density at radius 1 is 1.07 bits per heavy atom. The third kappa shape index (κ3) is 3.70. The minimum atomic E-state index is -0.331. The second kappa shape index (κ2) is 8.10. The van der Waals surface area contributed by atoms with Crippen LogP contribution >= 0.6 is 0 Å². The fraction of sp³-hybridized carbons (Fsp3) is 0.304. The summed E-state index contributed by atoms with van der Waals surface area (Å²) >= 11 is 0. The molecule has 3 aromatic rings. The molecule has 0 saturated heterocycles. The second-order valence-corrected chi connectivity index (χ2v) is 7.24. The van der Waals surface area contributed by atoms with Gasteiger partial charge < -0.3 is 23.9 Å². The van der Waals surface area contributed by atoms with E-state index >= 15 is 0 Å². The zero-order chi connectivity index (χ0) is 21.3. The number of anilines is 1. The number of hydrogen-bond acceptors (Lipinski definition) is 6. The number of rotatable bonds is 6. The Labute approximate surface area is 173 Å². The summed E-state index contributed by atoms with van der Waals surface area (Å²) in [5, 5.41) is 3.57. The maximum atomic E-state index is 12.5. The summed E-state index contributed by atoms with van der Waals surface area (Å²) in [4.78, 5) is 24.8. The highest BCUT2D eigenvalue weighted by molar-refractivity contribution is 5.94. The Hall–Kier alpha value is -3.48. The molecule has 0 radical (unpaired) electrons. The second-order valence-electron chi connectivity index (χ2n) is 7.24. The minimum absolute atomic E-state index is 0.193. The Morgan fingerprint density at radius 2 is 1.87 bits per heavy atom. The van der Waals surface area contributed by atoms with Crippen molar-refractivity contribution in [3.05, 3.63) is 57.4 Å². The Bertz CT molecular complexity index is 1180. The van der Waals surface area contributed by atoms with Gasteiger partial charge in [-0.25, -0.2) is 4.79 Å². The highest BCUT2D eigenvalue weighted by Crippen LogP contribution is 2.35. The number of amides is 1. The molecule has 0 saturated carbocycles. The summed E-state index contributed by atoms with van der Waals surface area (Å²) in [7, 11) is 3.08. The van der Waals surface area contributed by atoms with Crippen molar-refractivity contribution in [3.8, 4) is 17.2 Å². The van der Waals surface area contributed by atoms with Gasteiger partial charge in [-0.2, -0.15) is 0 Å². The molecule has 30 heavy (non-hydrogen) atoms. The van der Waals surface area contributed by atoms with Gasteiger partial charge in [0.25, 0.3) is 5.91 Å². The van der Waals surface area contributed by atoms with Gasteiger partial charge in [-0.15, -0.1) is 0 Å². The fourth-order valence-corrected chi connectivity index (χ4v) is 3.85. The molecule has 1 aliphatic rings. The largest absolute Gasteiger partial charge is 0.497 e. The molecule has 0 atom stereocenters. The lowest BCUT2D eigenvalue weighted by molar-refractivity contribution is -0.118. The zero-order valence-electron chi connectivity index (χ0n) is 17.2. The standard InChI is InChI=1S/C23H23NO6/c1-13-9-19(22-15-5-4-6-16(15)23(26)30-20(22)10-13)29-12-21(25)24-17-8-7-14(27-2)11-18(17)28-3/h7-11H,4-6,12H2,1-3H3,(H,24,25). The molecule has 1 amide bonds. The van der Waals surface area contributed by atoms with Crippen LogP contribution in [-0.4, -0.2) is 26.7 Å². The topological polar surface area (TPSA) is 87.0 Å². The quantitative estimate of drug-likeness (QED) is 0.626. The van der Waals surface area contributed by atoms with Crippen molar-refractivity contribution >= 4 is 22.6 Å². The first-order valence-electron chi connectivity index (χ1n) is 9.74. The van der Waals surface area contributed by atoms with Crippen molar-refractivity contribution in [2.45, 2.75) is 26.2 Å². The minimum Gasteiger partial charge on any atom is -0.497 e. The molecule has 1 N–H and O–H groups in total. The maximum absolute atomic E-state index is 12.5. The highest BCUT2D eigenvalue weighted by Gasteiger charge is 2.23. The lowest BCUT2D eigenvalue weighted by Gasteiger charge is -2.14. The van der Waals surface area contributed by atoms with Gasteiger partial charge in [-0.05, 0) is 61.6 Å². The van der Waals surface area contributed by atoms with Crippen LogP contribution in [0.15, 0.2) is 39.5 Å². The molecule has 1 heterocycles. The van der Waals surface area contributed by atoms with Crippen molar-refractivity contribution in [2.75, 3.05) is 26.1 Å². The fourth-order valence-electron chi connectivity index (χ4n) is 3.85. The van der Waals surface area contributed by atoms with E-state index in [2.05, 4.69) is 5.32 Å². The first kappa shape index (κ1) is 19.8. The van der Waals surface area contributed by atoms with Crippen LogP contribution in [0.3, 0.4) is 0 Å². The van der Waals surface area contributed by atoms with Crippen LogP contribution in [0.5, 0.6) is 17.2 Å². The number of ether oxygens (including phenoxy) is 3. The van der Waals surface area contributed by atoms with E-state index in [1.807, 2.05) is 19.1 Å². The van der Waals surface area contributed by atoms with Crippen molar-refractivity contribution in [2.24, 2.45) is 0 Å². The van der Waals surface area contributed by atoms with E-state index in [1.165, 1.54) is 7.11 Å². The summed E-state index contributed by atoms with van der Waals surface area (Å²) < 4.78 is 21.9. The van der Waals surface area contributed by atoms with E-state index < -0.39 is 0 Å². The van der Waals surface area contributed by atoms with Gasteiger partial charge in [0.05, 0.1) is 25.3 Å². The van der Waals surface area contributed by atoms with E-state index in [9.17, 15) is 9.59 Å². The van der Waals surface area contributed by atoms with Gasteiger partial charge in [0, 0.05) is 11.6 Å². The molecule has 7 nitrogen and oxygen atoms in total. The van der Waals surface area contributed by atoms with Crippen molar-refractivity contribution in [3.63, 3.8) is 0 Å². The molecule has 1 aromatic heterocycles. The van der Waals surface area contributed by atoms with Crippen LogP contribution in [0, 0.1) is 6.92 Å². The third-order valence-corrected chi connectivity index (χ3v) is 5.22. The summed E-state index contributed by atoms with van der Waals surface area (Å²) in [6.07, 6.45) is 2.41. The van der Waals surface area contributed by atoms with Crippen molar-refractivity contribution in [1.82, 2.24) is 0 Å². The van der Waals surface area contributed by atoms with Crippen molar-refractivity contribution < 1.29 is 23.4 Å². The number of carbonyl (C=O) groups is 1. The first-order valence-corrected chi connectivity index (χ1v) is 9.74. The van der Waals surface area contributed by atoms with Gasteiger partial charge in [-0.1, -0.05) is 0 Å². The average Bonchev–Trinajstić information content (AvgIpc) is 3.22. The molecule has 0 aliphatic heterocycles. The monoisotopic (exact) mass is 409 g/mol. The van der Waals surface area contributed by atoms with Gasteiger partial charge in [0.2, 0.25) is 0 Å². The number of fused-ring (bicyclic) bond motifs is 3. The smallest absolute Gasteiger partial charge is 0.339 e. The number of carbonyl (C=O) groups excluding carboxylic acids is 1. The number of hydrogen-bond donors (Lipinski definition) is 1. The summed E-state index contributed by atoms with van der Waals surface area (Å²) in [5.74, 6) is 1.33. The summed E-state index contributed by atoms with van der Waals surface area (Å²) in [6, 6.07) is 8.82. The molecule has 0 bridgehead atoms. The molecule has 1 aliphatic carbocycles. The zero-order valence-corrected chi connectivity index (χ0v) is 17.2. The molecule has 156 valence electrons. The van der Waals surface area contributed by atoms with Crippen LogP contribution in [0.25, 0.3) is 11.0 Å². The SMILES string of the molecule is COc1ccc(NC(=O)COc2cc(C)cc3oc(=O)c4c(c23)CCC4)c(OC)c1. The number of nitrogens with one attached hydrogen (secondary N) is 1. The number of aryl methyl sites for hydroxylation is 2. The summed E-state index contributed by atoms with van der Waals surface area (Å²) in [5.41, 5.74) is 3.30. The van der Waals surface area contributed by atoms with Crippen LogP contribution in [0.2, 0.25) is 0 Å². The van der Waals surface area contributed by atoms with Gasteiger partial charge in [0.1, 0.15) is 22.8 Å². The molecular weight excluding hydrogens is 386 g/mol. The lowest BCUT2D eigenvalue weighted by Crippen LogP contribution is -2.21. The Balaban J connectivity index is 1.58. The summed E-state index contributed by atoms with van der Waals surface area (Å²) in [6.45, 7) is 1.70. The van der Waals surface area contributed by atoms with E-state index in [0.717, 1.165) is 29.4 Å². The van der Waals surface area contributed by atoms with E-state index in [1.54, 1.807) is 25.3 Å². The number of benzene rings is 2. The van der Waals surface area contributed by atoms with Gasteiger partial charge in [0.15, 0.2) is 6.61 Å². The van der Waals surface area contributed by atoms with Crippen molar-refractivity contribution in [1.29, 1.82) is 0 Å². The third-order valence-electron chi connectivity index (χ3n) is 5.22. The maximum Gasteiger partial charge on any atom is 0.339 e. The van der Waals surface area contributed by atoms with Gasteiger partial charge >= 0.3 is 5.63 Å². The van der Waals surface area contributed by atoms with Crippen LogP contribution in [0.1, 0.15) is 23.1 Å². The molecule has 0 spiro atoms. The van der Waals surface area contributed by atoms with E-state index in [-0.39, 0.29) is 18.1 Å². The molecule has 7 heteroatoms. The Kier molecular flexibility index (Phi) is 5.35. The Morgan fingerprint density at radius 3 is 2.63 bits per heavy atom.